The first kappa shape index (κ1) is 19.4. The van der Waals surface area contributed by atoms with Crippen molar-refractivity contribution in [3.05, 3.63) is 18.2 Å². The van der Waals surface area contributed by atoms with Crippen molar-refractivity contribution >= 4 is 11.8 Å². The summed E-state index contributed by atoms with van der Waals surface area (Å²) in [6.45, 7) is 7.17. The molecule has 3 aliphatic rings. The number of likely N-dealkylation sites (tertiary alicyclic amines) is 2. The number of carbonyl (C=O) groups is 2. The summed E-state index contributed by atoms with van der Waals surface area (Å²) in [5, 5.41) is 3.37. The monoisotopic (exact) mass is 387 g/mol. The molecule has 0 unspecified atom stereocenters. The topological polar surface area (TPSA) is 81.3 Å². The van der Waals surface area contributed by atoms with Gasteiger partial charge in [-0.2, -0.15) is 0 Å². The average molecular weight is 388 g/mol. The lowest BCUT2D eigenvalue weighted by atomic mass is 9.72. The van der Waals surface area contributed by atoms with Gasteiger partial charge in [0.25, 0.3) is 0 Å². The number of H-pyrrole nitrogens is 1. The standard InChI is InChI=1S/C21H33N5O2/c1-20(7-9-22-10-8-20)19(28)26-11-2-5-21(15-26)6-3-18(27)25(14-21)12-4-17-13-23-16-24-17/h13,16,22H,2-12,14-15H2,1H3,(H,23,24)/t21-/m0/s1. The molecule has 4 heterocycles. The molecule has 154 valence electrons. The van der Waals surface area contributed by atoms with E-state index in [4.69, 9.17) is 0 Å². The number of piperidine rings is 3. The zero-order chi connectivity index (χ0) is 19.6. The van der Waals surface area contributed by atoms with Crippen molar-refractivity contribution in [3.63, 3.8) is 0 Å². The summed E-state index contributed by atoms with van der Waals surface area (Å²) in [6.07, 6.45) is 9.82. The Balaban J connectivity index is 1.41. The van der Waals surface area contributed by atoms with Gasteiger partial charge in [-0.15, -0.1) is 0 Å². The largest absolute Gasteiger partial charge is 0.348 e. The molecule has 3 saturated heterocycles. The highest BCUT2D eigenvalue weighted by atomic mass is 16.2. The number of hydrogen-bond donors (Lipinski definition) is 2. The first-order chi connectivity index (χ1) is 13.5. The van der Waals surface area contributed by atoms with E-state index in [0.717, 1.165) is 83.5 Å². The van der Waals surface area contributed by atoms with E-state index in [-0.39, 0.29) is 16.7 Å². The van der Waals surface area contributed by atoms with E-state index in [2.05, 4.69) is 27.1 Å². The number of amides is 2. The first-order valence-corrected chi connectivity index (χ1v) is 10.7. The average Bonchev–Trinajstić information content (AvgIpc) is 3.23. The zero-order valence-corrected chi connectivity index (χ0v) is 17.0. The molecule has 0 bridgehead atoms. The Kier molecular flexibility index (Phi) is 5.45. The molecular formula is C21H33N5O2. The third-order valence-electron chi connectivity index (χ3n) is 7.13. The van der Waals surface area contributed by atoms with Gasteiger partial charge in [0.05, 0.1) is 6.33 Å². The van der Waals surface area contributed by atoms with E-state index in [0.29, 0.717) is 12.3 Å². The lowest BCUT2D eigenvalue weighted by Gasteiger charge is -2.50. The number of imidazole rings is 1. The molecular weight excluding hydrogens is 354 g/mol. The van der Waals surface area contributed by atoms with Crippen LogP contribution >= 0.6 is 0 Å². The number of carbonyl (C=O) groups excluding carboxylic acids is 2. The Labute approximate surface area is 167 Å². The lowest BCUT2D eigenvalue weighted by molar-refractivity contribution is -0.150. The molecule has 1 spiro atoms. The zero-order valence-electron chi connectivity index (χ0n) is 17.0. The Morgan fingerprint density at radius 1 is 1.21 bits per heavy atom. The van der Waals surface area contributed by atoms with Crippen molar-refractivity contribution in [1.29, 1.82) is 0 Å². The molecule has 4 rings (SSSR count). The maximum atomic E-state index is 13.3. The van der Waals surface area contributed by atoms with Crippen molar-refractivity contribution < 1.29 is 9.59 Å². The Morgan fingerprint density at radius 3 is 2.79 bits per heavy atom. The van der Waals surface area contributed by atoms with Gasteiger partial charge in [-0.05, 0) is 45.2 Å². The number of aromatic nitrogens is 2. The van der Waals surface area contributed by atoms with Crippen LogP contribution in [0.1, 0.15) is 51.1 Å². The minimum absolute atomic E-state index is 0.0685. The fraction of sp³-hybridized carbons (Fsp3) is 0.762. The van der Waals surface area contributed by atoms with Gasteiger partial charge in [-0.3, -0.25) is 9.59 Å². The highest BCUT2D eigenvalue weighted by Gasteiger charge is 2.45. The van der Waals surface area contributed by atoms with Crippen molar-refractivity contribution in [2.45, 2.75) is 51.9 Å². The second-order valence-corrected chi connectivity index (χ2v) is 9.28. The molecule has 0 radical (unpaired) electrons. The molecule has 28 heavy (non-hydrogen) atoms. The number of nitrogens with one attached hydrogen (secondary N) is 2. The maximum absolute atomic E-state index is 13.3. The normalized spacial score (nSPS) is 28.0. The van der Waals surface area contributed by atoms with Gasteiger partial charge in [0.15, 0.2) is 0 Å². The molecule has 0 aliphatic carbocycles. The second-order valence-electron chi connectivity index (χ2n) is 9.28. The molecule has 1 aromatic rings. The van der Waals surface area contributed by atoms with Crippen LogP contribution < -0.4 is 5.32 Å². The number of nitrogens with zero attached hydrogens (tertiary/aromatic N) is 3. The van der Waals surface area contributed by atoms with Gasteiger partial charge < -0.3 is 20.1 Å². The number of aromatic amines is 1. The summed E-state index contributed by atoms with van der Waals surface area (Å²) in [5.41, 5.74) is 0.903. The van der Waals surface area contributed by atoms with Crippen LogP contribution in [0.25, 0.3) is 0 Å². The molecule has 3 fully saturated rings. The summed E-state index contributed by atoms with van der Waals surface area (Å²) in [6, 6.07) is 0. The SMILES string of the molecule is CC1(C(=O)N2CCC[C@@]3(CCC(=O)N(CCc4cnc[nH]4)C3)C2)CCNCC1. The third kappa shape index (κ3) is 3.95. The fourth-order valence-electron chi connectivity index (χ4n) is 5.27. The summed E-state index contributed by atoms with van der Waals surface area (Å²) in [4.78, 5) is 37.2. The van der Waals surface area contributed by atoms with Crippen LogP contribution in [-0.2, 0) is 16.0 Å². The van der Waals surface area contributed by atoms with E-state index in [1.807, 2.05) is 11.1 Å². The molecule has 2 amide bonds. The molecule has 1 aromatic heterocycles. The van der Waals surface area contributed by atoms with Crippen molar-refractivity contribution in [2.75, 3.05) is 39.3 Å². The number of hydrogen-bond acceptors (Lipinski definition) is 4. The van der Waals surface area contributed by atoms with E-state index in [1.54, 1.807) is 6.33 Å². The van der Waals surface area contributed by atoms with Crippen LogP contribution in [0.2, 0.25) is 0 Å². The minimum atomic E-state index is -0.228. The van der Waals surface area contributed by atoms with Crippen LogP contribution in [0.15, 0.2) is 12.5 Å². The van der Waals surface area contributed by atoms with Crippen LogP contribution in [-0.4, -0.2) is 70.9 Å². The van der Waals surface area contributed by atoms with Gasteiger partial charge in [0.2, 0.25) is 11.8 Å². The molecule has 3 aliphatic heterocycles. The summed E-state index contributed by atoms with van der Waals surface area (Å²) in [7, 11) is 0. The predicted octanol–water partition coefficient (Wildman–Crippen LogP) is 1.57. The van der Waals surface area contributed by atoms with E-state index in [9.17, 15) is 9.59 Å². The molecule has 7 nitrogen and oxygen atoms in total. The second kappa shape index (κ2) is 7.85. The predicted molar refractivity (Wildman–Crippen MR) is 107 cm³/mol. The minimum Gasteiger partial charge on any atom is -0.348 e. The highest BCUT2D eigenvalue weighted by molar-refractivity contribution is 5.83. The summed E-state index contributed by atoms with van der Waals surface area (Å²) in [5.74, 6) is 0.577. The molecule has 7 heteroatoms. The molecule has 0 aromatic carbocycles. The number of rotatable bonds is 4. The highest BCUT2D eigenvalue weighted by Crippen LogP contribution is 2.41. The van der Waals surface area contributed by atoms with Gasteiger partial charge in [-0.25, -0.2) is 4.98 Å². The smallest absolute Gasteiger partial charge is 0.228 e. The summed E-state index contributed by atoms with van der Waals surface area (Å²) >= 11 is 0. The van der Waals surface area contributed by atoms with Crippen LogP contribution in [0.3, 0.4) is 0 Å². The van der Waals surface area contributed by atoms with Crippen molar-refractivity contribution in [2.24, 2.45) is 10.8 Å². The van der Waals surface area contributed by atoms with Crippen LogP contribution in [0.4, 0.5) is 0 Å². The third-order valence-corrected chi connectivity index (χ3v) is 7.13. The molecule has 1 atom stereocenters. The Hall–Kier alpha value is -1.89. The van der Waals surface area contributed by atoms with Crippen LogP contribution in [0, 0.1) is 10.8 Å². The summed E-state index contributed by atoms with van der Waals surface area (Å²) < 4.78 is 0. The first-order valence-electron chi connectivity index (χ1n) is 10.7. The van der Waals surface area contributed by atoms with Gasteiger partial charge in [0.1, 0.15) is 0 Å². The lowest BCUT2D eigenvalue weighted by Crippen LogP contribution is -2.58. The van der Waals surface area contributed by atoms with Gasteiger partial charge in [-0.1, -0.05) is 6.92 Å². The van der Waals surface area contributed by atoms with Crippen LogP contribution in [0.5, 0.6) is 0 Å². The molecule has 0 saturated carbocycles. The maximum Gasteiger partial charge on any atom is 0.228 e. The van der Waals surface area contributed by atoms with Gasteiger partial charge >= 0.3 is 0 Å². The fourth-order valence-corrected chi connectivity index (χ4v) is 5.27. The molecule has 2 N–H and O–H groups in total. The Bertz CT molecular complexity index is 698. The van der Waals surface area contributed by atoms with Crippen molar-refractivity contribution in [1.82, 2.24) is 25.1 Å². The quantitative estimate of drug-likeness (QED) is 0.822. The van der Waals surface area contributed by atoms with Crippen molar-refractivity contribution in [3.8, 4) is 0 Å². The Morgan fingerprint density at radius 2 is 2.04 bits per heavy atom. The van der Waals surface area contributed by atoms with Gasteiger partial charge in [0, 0.05) is 61.7 Å². The van der Waals surface area contributed by atoms with E-state index >= 15 is 0 Å². The van der Waals surface area contributed by atoms with E-state index in [1.165, 1.54) is 0 Å². The van der Waals surface area contributed by atoms with E-state index < -0.39 is 0 Å².